The average molecular weight is 428 g/mol. The first-order valence-corrected chi connectivity index (χ1v) is 12.2. The molecule has 0 aromatic heterocycles. The van der Waals surface area contributed by atoms with Gasteiger partial charge in [0.15, 0.2) is 0 Å². The van der Waals surface area contributed by atoms with Crippen LogP contribution in [0.2, 0.25) is 0 Å². The van der Waals surface area contributed by atoms with Gasteiger partial charge in [0.05, 0.1) is 4.90 Å². The summed E-state index contributed by atoms with van der Waals surface area (Å²) in [5, 5.41) is 3.08. The van der Waals surface area contributed by atoms with E-state index in [9.17, 15) is 13.2 Å². The van der Waals surface area contributed by atoms with Gasteiger partial charge in [0.1, 0.15) is 0 Å². The van der Waals surface area contributed by atoms with Gasteiger partial charge in [0.2, 0.25) is 10.0 Å². The zero-order valence-corrected chi connectivity index (χ0v) is 18.2. The third-order valence-electron chi connectivity index (χ3n) is 5.58. The number of hydrogen-bond donors (Lipinski definition) is 1. The first kappa shape index (κ1) is 21.6. The van der Waals surface area contributed by atoms with Crippen molar-refractivity contribution in [2.75, 3.05) is 58.4 Å². The van der Waals surface area contributed by atoms with Crippen molar-refractivity contribution in [3.63, 3.8) is 0 Å². The highest BCUT2D eigenvalue weighted by molar-refractivity contribution is 7.99. The van der Waals surface area contributed by atoms with E-state index in [1.165, 1.54) is 26.2 Å². The van der Waals surface area contributed by atoms with Crippen molar-refractivity contribution in [1.82, 2.24) is 14.5 Å². The van der Waals surface area contributed by atoms with E-state index in [2.05, 4.69) is 10.2 Å². The SMILES string of the molecule is CN(C)S(=O)(=O)c1ccc(C(=O)NCC2(N3CCSCC3)CCOCC2)cc1. The molecule has 2 fully saturated rings. The van der Waals surface area contributed by atoms with Crippen molar-refractivity contribution in [1.29, 1.82) is 0 Å². The molecule has 2 saturated heterocycles. The molecule has 2 heterocycles. The maximum Gasteiger partial charge on any atom is 0.251 e. The Kier molecular flexibility index (Phi) is 7.03. The molecule has 7 nitrogen and oxygen atoms in total. The van der Waals surface area contributed by atoms with E-state index in [0.29, 0.717) is 12.1 Å². The van der Waals surface area contributed by atoms with Crippen molar-refractivity contribution >= 4 is 27.7 Å². The molecule has 28 heavy (non-hydrogen) atoms. The van der Waals surface area contributed by atoms with E-state index in [1.54, 1.807) is 12.1 Å². The van der Waals surface area contributed by atoms with Gasteiger partial charge in [0, 0.05) is 69.6 Å². The lowest BCUT2D eigenvalue weighted by Crippen LogP contribution is -2.60. The Morgan fingerprint density at radius 3 is 2.36 bits per heavy atom. The van der Waals surface area contributed by atoms with Crippen LogP contribution in [0.25, 0.3) is 0 Å². The maximum atomic E-state index is 12.7. The van der Waals surface area contributed by atoms with Gasteiger partial charge in [0.25, 0.3) is 5.91 Å². The molecule has 0 radical (unpaired) electrons. The van der Waals surface area contributed by atoms with Crippen LogP contribution in [0.4, 0.5) is 0 Å². The van der Waals surface area contributed by atoms with Crippen LogP contribution in [-0.4, -0.2) is 87.5 Å². The number of carbonyl (C=O) groups is 1. The predicted molar refractivity (Wildman–Crippen MR) is 111 cm³/mol. The van der Waals surface area contributed by atoms with E-state index in [-0.39, 0.29) is 16.3 Å². The zero-order chi connectivity index (χ0) is 20.2. The summed E-state index contributed by atoms with van der Waals surface area (Å²) in [6.07, 6.45) is 1.83. The second-order valence-corrected chi connectivity index (χ2v) is 10.8. The minimum absolute atomic E-state index is 0.0525. The Balaban J connectivity index is 1.67. The Labute approximate surface area is 171 Å². The van der Waals surface area contributed by atoms with Crippen LogP contribution in [0, 0.1) is 0 Å². The molecule has 0 aliphatic carbocycles. The van der Waals surface area contributed by atoms with Gasteiger partial charge < -0.3 is 10.1 Å². The molecule has 1 N–H and O–H groups in total. The number of rotatable bonds is 6. The standard InChI is InChI=1S/C19H29N3O4S2/c1-21(2)28(24,25)17-5-3-16(4-6-17)18(23)20-15-19(7-11-26-12-8-19)22-9-13-27-14-10-22/h3-6H,7-15H2,1-2H3,(H,20,23). The molecule has 1 amide bonds. The lowest BCUT2D eigenvalue weighted by atomic mass is 9.87. The predicted octanol–water partition coefficient (Wildman–Crippen LogP) is 1.26. The number of sulfonamides is 1. The first-order valence-electron chi connectivity index (χ1n) is 9.56. The molecule has 0 saturated carbocycles. The second-order valence-electron chi connectivity index (χ2n) is 7.43. The topological polar surface area (TPSA) is 79.0 Å². The fourth-order valence-electron chi connectivity index (χ4n) is 3.73. The molecule has 9 heteroatoms. The van der Waals surface area contributed by atoms with Crippen molar-refractivity contribution in [3.8, 4) is 0 Å². The molecule has 3 rings (SSSR count). The number of ether oxygens (including phenoxy) is 1. The summed E-state index contributed by atoms with van der Waals surface area (Å²) >= 11 is 1.98. The molecule has 1 aromatic carbocycles. The summed E-state index contributed by atoms with van der Waals surface area (Å²) in [6, 6.07) is 6.10. The number of nitrogens with one attached hydrogen (secondary N) is 1. The summed E-state index contributed by atoms with van der Waals surface area (Å²) in [4.78, 5) is 15.4. The largest absolute Gasteiger partial charge is 0.381 e. The Morgan fingerprint density at radius 2 is 1.79 bits per heavy atom. The summed E-state index contributed by atoms with van der Waals surface area (Å²) in [5.41, 5.74) is 0.414. The second kappa shape index (κ2) is 9.13. The molecule has 2 aliphatic heterocycles. The van der Waals surface area contributed by atoms with Crippen molar-refractivity contribution in [2.24, 2.45) is 0 Å². The third-order valence-corrected chi connectivity index (χ3v) is 8.35. The molecule has 2 aliphatic rings. The molecular formula is C19H29N3O4S2. The normalized spacial score (nSPS) is 20.8. The number of nitrogens with zero attached hydrogens (tertiary/aromatic N) is 2. The summed E-state index contributed by atoms with van der Waals surface area (Å²) in [6.45, 7) is 4.10. The van der Waals surface area contributed by atoms with Gasteiger partial charge in [-0.05, 0) is 37.1 Å². The van der Waals surface area contributed by atoms with Gasteiger partial charge in [-0.15, -0.1) is 0 Å². The van der Waals surface area contributed by atoms with Crippen LogP contribution in [0.1, 0.15) is 23.2 Å². The number of benzene rings is 1. The van der Waals surface area contributed by atoms with Crippen molar-refractivity contribution < 1.29 is 17.9 Å². The van der Waals surface area contributed by atoms with Gasteiger partial charge in [-0.25, -0.2) is 12.7 Å². The third kappa shape index (κ3) is 4.71. The van der Waals surface area contributed by atoms with E-state index in [4.69, 9.17) is 4.74 Å². The lowest BCUT2D eigenvalue weighted by molar-refractivity contribution is -0.0237. The highest BCUT2D eigenvalue weighted by atomic mass is 32.2. The molecule has 0 atom stereocenters. The van der Waals surface area contributed by atoms with E-state index >= 15 is 0 Å². The number of amides is 1. The van der Waals surface area contributed by atoms with Gasteiger partial charge in [-0.2, -0.15) is 11.8 Å². The quantitative estimate of drug-likeness (QED) is 0.737. The van der Waals surface area contributed by atoms with Gasteiger partial charge in [-0.1, -0.05) is 0 Å². The summed E-state index contributed by atoms with van der Waals surface area (Å²) < 4.78 is 31.1. The highest BCUT2D eigenvalue weighted by Gasteiger charge is 2.39. The minimum Gasteiger partial charge on any atom is -0.381 e. The average Bonchev–Trinajstić information content (AvgIpc) is 2.73. The molecular weight excluding hydrogens is 398 g/mol. The summed E-state index contributed by atoms with van der Waals surface area (Å²) in [7, 11) is -0.517. The van der Waals surface area contributed by atoms with Crippen molar-refractivity contribution in [2.45, 2.75) is 23.3 Å². The number of hydrogen-bond acceptors (Lipinski definition) is 6. The van der Waals surface area contributed by atoms with Crippen molar-refractivity contribution in [3.05, 3.63) is 29.8 Å². The van der Waals surface area contributed by atoms with Crippen LogP contribution in [0.3, 0.4) is 0 Å². The molecule has 1 aromatic rings. The van der Waals surface area contributed by atoms with Gasteiger partial charge in [-0.3, -0.25) is 9.69 Å². The van der Waals surface area contributed by atoms with Crippen LogP contribution >= 0.6 is 11.8 Å². The summed E-state index contributed by atoms with van der Waals surface area (Å²) in [5.74, 6) is 2.07. The molecule has 156 valence electrons. The van der Waals surface area contributed by atoms with Crippen LogP contribution in [0.5, 0.6) is 0 Å². The smallest absolute Gasteiger partial charge is 0.251 e. The molecule has 0 unspecified atom stereocenters. The van der Waals surface area contributed by atoms with E-state index in [0.717, 1.165) is 55.0 Å². The first-order chi connectivity index (χ1) is 13.3. The van der Waals surface area contributed by atoms with Crippen LogP contribution in [-0.2, 0) is 14.8 Å². The zero-order valence-electron chi connectivity index (χ0n) is 16.5. The monoisotopic (exact) mass is 427 g/mol. The molecule has 0 spiro atoms. The number of carbonyl (C=O) groups excluding carboxylic acids is 1. The highest BCUT2D eigenvalue weighted by Crippen LogP contribution is 2.30. The van der Waals surface area contributed by atoms with Crippen LogP contribution < -0.4 is 5.32 Å². The fourth-order valence-corrected chi connectivity index (χ4v) is 5.53. The Bertz CT molecular complexity index is 769. The molecule has 0 bridgehead atoms. The fraction of sp³-hybridized carbons (Fsp3) is 0.632. The minimum atomic E-state index is -3.49. The van der Waals surface area contributed by atoms with Gasteiger partial charge >= 0.3 is 0 Å². The Morgan fingerprint density at radius 1 is 1.18 bits per heavy atom. The van der Waals surface area contributed by atoms with Crippen LogP contribution in [0.15, 0.2) is 29.2 Å². The Hall–Kier alpha value is -1.13. The maximum absolute atomic E-state index is 12.7. The van der Waals surface area contributed by atoms with E-state index < -0.39 is 10.0 Å². The van der Waals surface area contributed by atoms with E-state index in [1.807, 2.05) is 11.8 Å². The number of thioether (sulfide) groups is 1. The lowest BCUT2D eigenvalue weighted by Gasteiger charge is -2.48.